The molecule has 1 aliphatic heterocycles. The molecule has 1 aliphatic rings. The monoisotopic (exact) mass is 277 g/mol. The molecule has 0 saturated carbocycles. The molecule has 0 aromatic carbocycles. The number of carbonyl (C=O) groups is 1. The van der Waals surface area contributed by atoms with Crippen LogP contribution in [0.3, 0.4) is 0 Å². The largest absolute Gasteiger partial charge is 0.480 e. The van der Waals surface area contributed by atoms with Crippen LogP contribution in [0.1, 0.15) is 19.8 Å². The van der Waals surface area contributed by atoms with Crippen LogP contribution in [0.15, 0.2) is 17.8 Å². The maximum Gasteiger partial charge on any atom is 0.326 e. The summed E-state index contributed by atoms with van der Waals surface area (Å²) in [7, 11) is 0. The molecule has 6 heteroatoms. The number of nitrogens with zero attached hydrogens (tertiary/aromatic N) is 3. The van der Waals surface area contributed by atoms with E-state index in [1.54, 1.807) is 11.3 Å². The predicted octanol–water partition coefficient (Wildman–Crippen LogP) is 2.38. The van der Waals surface area contributed by atoms with E-state index in [9.17, 15) is 9.90 Å². The van der Waals surface area contributed by atoms with E-state index in [0.29, 0.717) is 12.3 Å². The summed E-state index contributed by atoms with van der Waals surface area (Å²) in [4.78, 5) is 22.8. The Bertz CT molecular complexity index is 613. The van der Waals surface area contributed by atoms with Gasteiger partial charge in [0.15, 0.2) is 0 Å². The summed E-state index contributed by atoms with van der Waals surface area (Å²) in [5.74, 6) is 0.427. The Morgan fingerprint density at radius 1 is 1.53 bits per heavy atom. The van der Waals surface area contributed by atoms with Gasteiger partial charge in [0.05, 0.1) is 5.39 Å². The van der Waals surface area contributed by atoms with Gasteiger partial charge in [0.1, 0.15) is 23.0 Å². The molecule has 0 radical (unpaired) electrons. The zero-order chi connectivity index (χ0) is 13.4. The van der Waals surface area contributed by atoms with Gasteiger partial charge >= 0.3 is 5.97 Å². The molecule has 3 rings (SSSR count). The standard InChI is InChI=1S/C13H15N3O2S/c1-8-2-4-16(10(6-8)13(17)18)11-9-3-5-19-12(9)15-7-14-11/h3,5,7-8,10H,2,4,6H2,1H3,(H,17,18). The lowest BCUT2D eigenvalue weighted by molar-refractivity contribution is -0.139. The van der Waals surface area contributed by atoms with Gasteiger partial charge in [0.25, 0.3) is 0 Å². The fraction of sp³-hybridized carbons (Fsp3) is 0.462. The molecule has 0 amide bonds. The van der Waals surface area contributed by atoms with E-state index in [2.05, 4.69) is 16.9 Å². The van der Waals surface area contributed by atoms with Crippen molar-refractivity contribution in [1.29, 1.82) is 0 Å². The first-order valence-corrected chi connectivity index (χ1v) is 7.22. The van der Waals surface area contributed by atoms with E-state index in [0.717, 1.165) is 29.0 Å². The SMILES string of the molecule is CC1CCN(c2ncnc3sccc23)C(C(=O)O)C1. The van der Waals surface area contributed by atoms with Crippen molar-refractivity contribution in [3.63, 3.8) is 0 Å². The highest BCUT2D eigenvalue weighted by Crippen LogP contribution is 2.32. The molecule has 2 aromatic rings. The van der Waals surface area contributed by atoms with E-state index in [1.807, 2.05) is 16.3 Å². The minimum atomic E-state index is -0.770. The van der Waals surface area contributed by atoms with Gasteiger partial charge in [-0.05, 0) is 30.2 Å². The van der Waals surface area contributed by atoms with Crippen LogP contribution in [0, 0.1) is 5.92 Å². The second-order valence-electron chi connectivity index (χ2n) is 5.01. The number of piperidine rings is 1. The highest BCUT2D eigenvalue weighted by Gasteiger charge is 2.33. The first-order valence-electron chi connectivity index (χ1n) is 6.34. The summed E-state index contributed by atoms with van der Waals surface area (Å²) in [6.07, 6.45) is 3.19. The molecule has 100 valence electrons. The third-order valence-electron chi connectivity index (χ3n) is 3.66. The fourth-order valence-corrected chi connectivity index (χ4v) is 3.36. The van der Waals surface area contributed by atoms with Gasteiger partial charge in [0, 0.05) is 6.54 Å². The van der Waals surface area contributed by atoms with Gasteiger partial charge in [-0.25, -0.2) is 14.8 Å². The normalized spacial score (nSPS) is 23.7. The number of fused-ring (bicyclic) bond motifs is 1. The number of aromatic nitrogens is 2. The molecule has 2 atom stereocenters. The number of rotatable bonds is 2. The molecule has 1 N–H and O–H groups in total. The molecule has 0 aliphatic carbocycles. The van der Waals surface area contributed by atoms with Gasteiger partial charge < -0.3 is 10.0 Å². The summed E-state index contributed by atoms with van der Waals surface area (Å²) in [6, 6.07) is 1.48. The highest BCUT2D eigenvalue weighted by molar-refractivity contribution is 7.16. The molecule has 5 nitrogen and oxygen atoms in total. The van der Waals surface area contributed by atoms with Gasteiger partial charge in [-0.3, -0.25) is 0 Å². The van der Waals surface area contributed by atoms with Crippen molar-refractivity contribution >= 4 is 33.3 Å². The van der Waals surface area contributed by atoms with E-state index < -0.39 is 12.0 Å². The molecule has 2 unspecified atom stereocenters. The fourth-order valence-electron chi connectivity index (χ4n) is 2.64. The molecular weight excluding hydrogens is 262 g/mol. The molecular formula is C13H15N3O2S. The number of hydrogen-bond donors (Lipinski definition) is 1. The summed E-state index contributed by atoms with van der Waals surface area (Å²) in [5.41, 5.74) is 0. The summed E-state index contributed by atoms with van der Waals surface area (Å²) < 4.78 is 0. The van der Waals surface area contributed by atoms with Crippen LogP contribution in [-0.2, 0) is 4.79 Å². The van der Waals surface area contributed by atoms with Gasteiger partial charge in [-0.2, -0.15) is 0 Å². The first kappa shape index (κ1) is 12.3. The van der Waals surface area contributed by atoms with Gasteiger partial charge in [0.2, 0.25) is 0 Å². The Balaban J connectivity index is 2.04. The number of carboxylic acid groups (broad SMARTS) is 1. The molecule has 1 fully saturated rings. The second-order valence-corrected chi connectivity index (χ2v) is 5.91. The lowest BCUT2D eigenvalue weighted by atomic mass is 9.92. The lowest BCUT2D eigenvalue weighted by Crippen LogP contribution is -2.47. The van der Waals surface area contributed by atoms with Crippen molar-refractivity contribution in [2.24, 2.45) is 5.92 Å². The Hall–Kier alpha value is -1.69. The quantitative estimate of drug-likeness (QED) is 0.913. The molecule has 0 bridgehead atoms. The van der Waals surface area contributed by atoms with E-state index in [4.69, 9.17) is 0 Å². The minimum Gasteiger partial charge on any atom is -0.480 e. The van der Waals surface area contributed by atoms with Crippen molar-refractivity contribution in [2.45, 2.75) is 25.8 Å². The van der Waals surface area contributed by atoms with E-state index >= 15 is 0 Å². The number of aliphatic carboxylic acids is 1. The smallest absolute Gasteiger partial charge is 0.326 e. The maximum absolute atomic E-state index is 11.5. The average Bonchev–Trinajstić information content (AvgIpc) is 2.86. The zero-order valence-corrected chi connectivity index (χ0v) is 11.4. The highest BCUT2D eigenvalue weighted by atomic mass is 32.1. The number of carboxylic acids is 1. The maximum atomic E-state index is 11.5. The third-order valence-corrected chi connectivity index (χ3v) is 4.48. The summed E-state index contributed by atoms with van der Waals surface area (Å²) in [6.45, 7) is 2.84. The number of hydrogen-bond acceptors (Lipinski definition) is 5. The van der Waals surface area contributed by atoms with Crippen molar-refractivity contribution in [3.05, 3.63) is 17.8 Å². The second kappa shape index (κ2) is 4.77. The van der Waals surface area contributed by atoms with Crippen LogP contribution in [0.25, 0.3) is 10.2 Å². The third kappa shape index (κ3) is 2.16. The Morgan fingerprint density at radius 2 is 2.37 bits per heavy atom. The van der Waals surface area contributed by atoms with Crippen LogP contribution < -0.4 is 4.90 Å². The van der Waals surface area contributed by atoms with Gasteiger partial charge in [-0.1, -0.05) is 6.92 Å². The first-order chi connectivity index (χ1) is 9.16. The van der Waals surface area contributed by atoms with E-state index in [-0.39, 0.29) is 0 Å². The topological polar surface area (TPSA) is 66.3 Å². The summed E-state index contributed by atoms with van der Waals surface area (Å²) in [5, 5.41) is 12.3. The molecule has 19 heavy (non-hydrogen) atoms. The molecule has 3 heterocycles. The van der Waals surface area contributed by atoms with Crippen molar-refractivity contribution in [3.8, 4) is 0 Å². The summed E-state index contributed by atoms with van der Waals surface area (Å²) >= 11 is 1.55. The Labute approximate surface area is 114 Å². The Kier molecular flexibility index (Phi) is 3.10. The van der Waals surface area contributed by atoms with Crippen LogP contribution in [-0.4, -0.2) is 33.6 Å². The Morgan fingerprint density at radius 3 is 3.16 bits per heavy atom. The average molecular weight is 277 g/mol. The van der Waals surface area contributed by atoms with Gasteiger partial charge in [-0.15, -0.1) is 11.3 Å². The molecule has 1 saturated heterocycles. The van der Waals surface area contributed by atoms with Crippen molar-refractivity contribution in [1.82, 2.24) is 9.97 Å². The van der Waals surface area contributed by atoms with Crippen LogP contribution >= 0.6 is 11.3 Å². The van der Waals surface area contributed by atoms with Crippen LogP contribution in [0.5, 0.6) is 0 Å². The van der Waals surface area contributed by atoms with Crippen molar-refractivity contribution < 1.29 is 9.90 Å². The van der Waals surface area contributed by atoms with Crippen LogP contribution in [0.2, 0.25) is 0 Å². The molecule has 0 spiro atoms. The minimum absolute atomic E-state index is 0.442. The van der Waals surface area contributed by atoms with E-state index in [1.165, 1.54) is 6.33 Å². The lowest BCUT2D eigenvalue weighted by Gasteiger charge is -2.37. The molecule has 2 aromatic heterocycles. The number of anilines is 1. The predicted molar refractivity (Wildman–Crippen MR) is 74.6 cm³/mol. The zero-order valence-electron chi connectivity index (χ0n) is 10.6. The van der Waals surface area contributed by atoms with Crippen molar-refractivity contribution in [2.75, 3.05) is 11.4 Å². The van der Waals surface area contributed by atoms with Crippen LogP contribution in [0.4, 0.5) is 5.82 Å². The number of thiophene rings is 1.